The first-order valence-electron chi connectivity index (χ1n) is 10.0. The van der Waals surface area contributed by atoms with E-state index in [9.17, 15) is 0 Å². The fourth-order valence-corrected chi connectivity index (χ4v) is 0.188. The summed E-state index contributed by atoms with van der Waals surface area (Å²) in [6, 6.07) is 0. The Morgan fingerprint density at radius 2 is 0.375 bits per heavy atom. The van der Waals surface area contributed by atoms with Crippen molar-refractivity contribution in [1.82, 2.24) is 0 Å². The monoisotopic (exact) mass is 585 g/mol. The molecule has 0 aromatic rings. The zero-order valence-corrected chi connectivity index (χ0v) is 25.9. The molecule has 0 aliphatic rings. The van der Waals surface area contributed by atoms with Gasteiger partial charge in [-0.1, -0.05) is 26.7 Å². The van der Waals surface area contributed by atoms with Crippen LogP contribution in [0.4, 0.5) is 0 Å². The van der Waals surface area contributed by atoms with Crippen LogP contribution in [-0.2, 0) is 0 Å². The molecule has 0 aromatic heterocycles. The van der Waals surface area contributed by atoms with Gasteiger partial charge in [0.25, 0.3) is 0 Å². The SMILES string of the molecule is C.C.C#C.C#C.C#C.C=C.C=C.C=C.C=C.C=C.C=C.CC#CC.CC#CC.CC#CC.CC#CC#CC#CC.[HH].[HH].[HH].[HH].[HH].[HH].[HH].[HH].[HH].[HH].[HH].[HH].[HH].[HH].[HH].[HH].[HH].[HH].[HH].[HH].[HH]. The lowest BCUT2D eigenvalue weighted by molar-refractivity contribution is 1.83. The van der Waals surface area contributed by atoms with E-state index in [1.165, 1.54) is 0 Å². The molecule has 40 heavy (non-hydrogen) atoms. The van der Waals surface area contributed by atoms with E-state index in [2.05, 4.69) is 189 Å². The molecular formula is C40H104. The highest BCUT2D eigenvalue weighted by Crippen LogP contribution is 1.51. The molecule has 0 amide bonds. The van der Waals surface area contributed by atoms with E-state index < -0.39 is 0 Å². The van der Waals surface area contributed by atoms with Gasteiger partial charge in [0.05, 0.1) is 0 Å². The molecule has 0 atom stereocenters. The molecule has 0 unspecified atom stereocenters. The molecule has 0 bridgehead atoms. The summed E-state index contributed by atoms with van der Waals surface area (Å²) in [5.74, 6) is 31.6. The zero-order chi connectivity index (χ0) is 34.5. The normalized spacial score (nSPS) is 2.55. The van der Waals surface area contributed by atoms with Crippen LogP contribution in [0.3, 0.4) is 0 Å². The van der Waals surface area contributed by atoms with Crippen molar-refractivity contribution in [3.63, 3.8) is 0 Å². The van der Waals surface area contributed by atoms with Gasteiger partial charge in [-0.2, -0.15) is 0 Å². The molecular weight excluding hydrogens is 480 g/mol. The summed E-state index contributed by atoms with van der Waals surface area (Å²) in [7, 11) is 0. The molecule has 0 fully saturated rings. The van der Waals surface area contributed by atoms with Gasteiger partial charge in [-0.05, 0) is 79.1 Å². The van der Waals surface area contributed by atoms with Crippen LogP contribution in [0.1, 0.15) is 100 Å². The van der Waals surface area contributed by atoms with Crippen LogP contribution in [0.5, 0.6) is 0 Å². The van der Waals surface area contributed by atoms with Gasteiger partial charge in [0, 0.05) is 30.0 Å². The summed E-state index contributed by atoms with van der Waals surface area (Å²) in [5.41, 5.74) is 0. The van der Waals surface area contributed by atoms with Crippen LogP contribution >= 0.6 is 0 Å². The van der Waals surface area contributed by atoms with Gasteiger partial charge >= 0.3 is 0 Å². The van der Waals surface area contributed by atoms with Gasteiger partial charge in [0.2, 0.25) is 0 Å². The minimum atomic E-state index is 0. The molecule has 264 valence electrons. The van der Waals surface area contributed by atoms with Crippen LogP contribution in [0.2, 0.25) is 0 Å². The smallest absolute Gasteiger partial charge is 0 e. The lowest BCUT2D eigenvalue weighted by Crippen LogP contribution is -1.48. The van der Waals surface area contributed by atoms with Crippen LogP contribution in [0, 0.1) is 110 Å². The number of hydrogen-bond donors (Lipinski definition) is 0. The molecule has 0 aliphatic carbocycles. The van der Waals surface area contributed by atoms with E-state index in [-0.39, 0.29) is 44.8 Å². The highest BCUT2D eigenvalue weighted by atomic mass is 13.5. The Morgan fingerprint density at radius 1 is 0.275 bits per heavy atom. The van der Waals surface area contributed by atoms with Crippen LogP contribution in [0.15, 0.2) is 78.9 Å². The van der Waals surface area contributed by atoms with E-state index in [1.807, 2.05) is 41.5 Å². The summed E-state index contributed by atoms with van der Waals surface area (Å²) in [4.78, 5) is 0. The molecule has 0 heterocycles. The zero-order valence-electron chi connectivity index (χ0n) is 25.9. The molecule has 0 nitrogen and oxygen atoms in total. The predicted octanol–water partition coefficient (Wildman–Crippen LogP) is 16.1. The maximum absolute atomic E-state index is 4.00. The van der Waals surface area contributed by atoms with Gasteiger partial charge in [0.15, 0.2) is 0 Å². The quantitative estimate of drug-likeness (QED) is 0.196. The predicted molar refractivity (Wildman–Crippen MR) is 247 cm³/mol. The first-order valence-corrected chi connectivity index (χ1v) is 10.0. The van der Waals surface area contributed by atoms with Crippen molar-refractivity contribution in [2.75, 3.05) is 0 Å². The first-order chi connectivity index (χ1) is 18.7. The summed E-state index contributed by atoms with van der Waals surface area (Å²) in [6.07, 6.45) is 24.0. The average Bonchev–Trinajstić information content (AvgIpc) is 3.08. The van der Waals surface area contributed by atoms with Gasteiger partial charge in [-0.3, -0.25) is 0 Å². The lowest BCUT2D eigenvalue weighted by Gasteiger charge is -1.52. The maximum Gasteiger partial charge on any atom is 0 e. The molecule has 0 aromatic carbocycles. The summed E-state index contributed by atoms with van der Waals surface area (Å²) in [6.45, 7) is 50.4. The summed E-state index contributed by atoms with van der Waals surface area (Å²) >= 11 is 0. The largest absolute Gasteiger partial charge is 0.124 e. The van der Waals surface area contributed by atoms with E-state index in [0.29, 0.717) is 0 Å². The molecule has 0 saturated heterocycles. The van der Waals surface area contributed by atoms with Crippen molar-refractivity contribution in [1.29, 1.82) is 0 Å². The molecule has 0 aliphatic heterocycles. The van der Waals surface area contributed by atoms with E-state index in [1.54, 1.807) is 13.8 Å². The molecule has 0 heteroatoms. The Bertz CT molecular complexity index is 685. The third-order valence-electron chi connectivity index (χ3n) is 1.19. The fraction of sp³-hybridized carbons (Fsp3) is 0.250. The number of terminal acetylenes is 3. The van der Waals surface area contributed by atoms with Crippen molar-refractivity contribution in [3.8, 4) is 110 Å². The Morgan fingerprint density at radius 3 is 0.425 bits per heavy atom. The second kappa shape index (κ2) is 841. The van der Waals surface area contributed by atoms with E-state index in [0.717, 1.165) is 0 Å². The van der Waals surface area contributed by atoms with Gasteiger partial charge in [0.1, 0.15) is 0 Å². The molecule has 0 N–H and O–H groups in total. The molecule has 0 saturated carbocycles. The molecule has 0 spiro atoms. The Hall–Kier alpha value is -5.52. The lowest BCUT2D eigenvalue weighted by atomic mass is 10.5. The highest BCUT2D eigenvalue weighted by molar-refractivity contribution is 5.34. The minimum Gasteiger partial charge on any atom is -0.124 e. The second-order valence-corrected chi connectivity index (χ2v) is 2.50. The van der Waals surface area contributed by atoms with Crippen molar-refractivity contribution in [2.24, 2.45) is 0 Å². The van der Waals surface area contributed by atoms with Crippen LogP contribution in [-0.4, -0.2) is 0 Å². The van der Waals surface area contributed by atoms with Crippen molar-refractivity contribution < 1.29 is 30.0 Å². The minimum absolute atomic E-state index is 0. The highest BCUT2D eigenvalue weighted by Gasteiger charge is 1.48. The number of rotatable bonds is 0. The second-order valence-electron chi connectivity index (χ2n) is 2.50. The van der Waals surface area contributed by atoms with Crippen LogP contribution < -0.4 is 0 Å². The van der Waals surface area contributed by atoms with E-state index >= 15 is 0 Å². The van der Waals surface area contributed by atoms with Gasteiger partial charge in [-0.15, -0.1) is 153 Å². The van der Waals surface area contributed by atoms with Crippen LogP contribution in [0.25, 0.3) is 0 Å². The molecule has 0 rings (SSSR count). The third-order valence-corrected chi connectivity index (χ3v) is 1.19. The van der Waals surface area contributed by atoms with E-state index in [4.69, 9.17) is 0 Å². The van der Waals surface area contributed by atoms with Crippen molar-refractivity contribution in [2.45, 2.75) is 70.2 Å². The Balaban J connectivity index is -0.00000000325. The van der Waals surface area contributed by atoms with Gasteiger partial charge in [-0.25, -0.2) is 0 Å². The average molecular weight is 585 g/mol. The topological polar surface area (TPSA) is 0 Å². The third kappa shape index (κ3) is 5230. The number of hydrogen-bond acceptors (Lipinski definition) is 0. The Kier molecular flexibility index (Phi) is 2140. The maximum atomic E-state index is 4.00. The fourth-order valence-electron chi connectivity index (χ4n) is 0.188. The standard InChI is InChI=1S/C8H6.3C4H6.6C2H4.3C2H2.2CH4.21H2/c1-3-5-7-8-6-4-2;3*1-3-4-2;9*1-2;;;;;;;;;;;;;;;;;;;;;;;/h1-2H3;3*1-2H3;6*1-2H2;3*1-2H;2*1H4;21*1H. The summed E-state index contributed by atoms with van der Waals surface area (Å²) < 4.78 is 0. The molecule has 0 radical (unpaired) electrons. The van der Waals surface area contributed by atoms with Crippen molar-refractivity contribution >= 4 is 0 Å². The van der Waals surface area contributed by atoms with Gasteiger partial charge < -0.3 is 0 Å². The van der Waals surface area contributed by atoms with Crippen molar-refractivity contribution in [3.05, 3.63) is 78.9 Å². The first kappa shape index (κ1) is 102. The Labute approximate surface area is 289 Å². The summed E-state index contributed by atoms with van der Waals surface area (Å²) in [5, 5.41) is 0.